The molecule has 6 rings (SSSR count). The molecule has 4 atom stereocenters. The van der Waals surface area contributed by atoms with Crippen LogP contribution in [-0.4, -0.2) is 78.8 Å². The van der Waals surface area contributed by atoms with E-state index in [9.17, 15) is 23.1 Å². The molecule has 2 amide bonds. The summed E-state index contributed by atoms with van der Waals surface area (Å²) >= 11 is 0. The number of hydrogen-bond acceptors (Lipinski definition) is 8. The Morgan fingerprint density at radius 1 is 1.22 bits per heavy atom. The van der Waals surface area contributed by atoms with E-state index in [1.165, 1.54) is 4.90 Å². The van der Waals surface area contributed by atoms with Crippen molar-refractivity contribution in [3.05, 3.63) is 73.3 Å². The van der Waals surface area contributed by atoms with Gasteiger partial charge in [-0.15, -0.1) is 18.7 Å². The quantitative estimate of drug-likeness (QED) is 0.241. The fraction of sp³-hybridized carbons (Fsp3) is 0.300. The van der Waals surface area contributed by atoms with Crippen LogP contribution >= 0.6 is 0 Å². The van der Waals surface area contributed by atoms with Crippen LogP contribution in [0.5, 0.6) is 11.5 Å². The van der Waals surface area contributed by atoms with Crippen molar-refractivity contribution in [2.24, 2.45) is 10.9 Å². The SMILES string of the molecule is C=CC1C[C-]1N=C1NS(=O)(=O)CC(NC(=O)O)C(=O)N2CC(Oc3cc(-c4ccccc4)nc4cc(OC)ccc34)CC12.[W].[W]. The minimum absolute atomic E-state index is 0. The van der Waals surface area contributed by atoms with Gasteiger partial charge in [-0.1, -0.05) is 42.7 Å². The van der Waals surface area contributed by atoms with Crippen LogP contribution in [0.25, 0.3) is 22.2 Å². The molecular formula is C30H30N5O7SW2-. The number of aliphatic imine (C=N–C) groups is 1. The van der Waals surface area contributed by atoms with Crippen LogP contribution in [0.2, 0.25) is 0 Å². The van der Waals surface area contributed by atoms with Gasteiger partial charge in [0.25, 0.3) is 0 Å². The first-order valence-corrected chi connectivity index (χ1v) is 15.4. The van der Waals surface area contributed by atoms with E-state index in [-0.39, 0.29) is 66.8 Å². The molecule has 3 aliphatic rings. The minimum atomic E-state index is -4.10. The van der Waals surface area contributed by atoms with E-state index in [4.69, 9.17) is 14.5 Å². The van der Waals surface area contributed by atoms with Gasteiger partial charge >= 0.3 is 6.09 Å². The van der Waals surface area contributed by atoms with Crippen LogP contribution in [0, 0.1) is 12.0 Å². The van der Waals surface area contributed by atoms with Gasteiger partial charge in [0, 0.05) is 71.3 Å². The maximum absolute atomic E-state index is 13.6. The Labute approximate surface area is 289 Å². The molecule has 1 aromatic heterocycles. The average Bonchev–Trinajstić information content (AvgIpc) is 3.61. The topological polar surface area (TPSA) is 160 Å². The Balaban J connectivity index is 0.00000230. The summed E-state index contributed by atoms with van der Waals surface area (Å²) in [6, 6.07) is 15.4. The van der Waals surface area contributed by atoms with E-state index in [1.54, 1.807) is 19.3 Å². The Morgan fingerprint density at radius 2 is 1.98 bits per heavy atom. The number of carboxylic acid groups (broad SMARTS) is 1. The van der Waals surface area contributed by atoms with Gasteiger partial charge < -0.3 is 34.5 Å². The number of amides is 2. The molecular weight excluding hydrogens is 942 g/mol. The van der Waals surface area contributed by atoms with Crippen LogP contribution in [0.3, 0.4) is 0 Å². The Kier molecular flexibility index (Phi) is 10.7. The molecule has 3 N–H and O–H groups in total. The zero-order valence-corrected chi connectivity index (χ0v) is 30.8. The van der Waals surface area contributed by atoms with Crippen molar-refractivity contribution in [1.82, 2.24) is 19.9 Å². The molecule has 2 aromatic carbocycles. The van der Waals surface area contributed by atoms with Gasteiger partial charge in [0.1, 0.15) is 23.6 Å². The van der Waals surface area contributed by atoms with Gasteiger partial charge in [0.2, 0.25) is 15.9 Å². The van der Waals surface area contributed by atoms with Gasteiger partial charge in [-0.3, -0.25) is 4.79 Å². The first-order valence-electron chi connectivity index (χ1n) is 13.7. The van der Waals surface area contributed by atoms with E-state index in [0.29, 0.717) is 29.1 Å². The van der Waals surface area contributed by atoms with Gasteiger partial charge in [0.15, 0.2) is 0 Å². The summed E-state index contributed by atoms with van der Waals surface area (Å²) in [5.41, 5.74) is 2.21. The smallest absolute Gasteiger partial charge is 0.405 e. The van der Waals surface area contributed by atoms with Crippen molar-refractivity contribution in [2.75, 3.05) is 19.4 Å². The van der Waals surface area contributed by atoms with Crippen molar-refractivity contribution >= 4 is 38.8 Å². The summed E-state index contributed by atoms with van der Waals surface area (Å²) in [4.78, 5) is 36.0. The molecule has 3 aromatic rings. The Bertz CT molecular complexity index is 1740. The van der Waals surface area contributed by atoms with Gasteiger partial charge in [-0.25, -0.2) is 18.2 Å². The van der Waals surface area contributed by atoms with E-state index < -0.39 is 46.0 Å². The summed E-state index contributed by atoms with van der Waals surface area (Å²) in [6.45, 7) is 3.86. The van der Waals surface area contributed by atoms with Crippen molar-refractivity contribution in [1.29, 1.82) is 0 Å². The van der Waals surface area contributed by atoms with Crippen molar-refractivity contribution in [3.63, 3.8) is 0 Å². The second-order valence-corrected chi connectivity index (χ2v) is 12.4. The molecule has 1 saturated carbocycles. The zero-order valence-electron chi connectivity index (χ0n) is 24.1. The second-order valence-electron chi connectivity index (χ2n) is 10.7. The first-order chi connectivity index (χ1) is 20.6. The molecule has 0 radical (unpaired) electrons. The fourth-order valence-corrected chi connectivity index (χ4v) is 6.75. The van der Waals surface area contributed by atoms with Crippen molar-refractivity contribution in [2.45, 2.75) is 31.0 Å². The summed E-state index contributed by atoms with van der Waals surface area (Å²) in [5.74, 6) is -0.107. The standard InChI is InChI=1S/C30H30N5O7S.2W/c1-3-17-11-22(17)32-28-26-13-20(15-35(26)29(36)25(33-30(37)38)16-43(39,40)34-28)42-27-14-23(18-7-5-4-6-8-18)31-24-12-19(41-2)9-10-21(24)27;;/h3-10,12,14,17,20,25-26,33H,1,11,13,15-16H2,2H3,(H,32,34)(H,37,38);;/q-1;;. The summed E-state index contributed by atoms with van der Waals surface area (Å²) in [7, 11) is -2.53. The van der Waals surface area contributed by atoms with E-state index in [0.717, 1.165) is 17.0 Å². The molecule has 236 valence electrons. The van der Waals surface area contributed by atoms with Crippen molar-refractivity contribution in [3.8, 4) is 22.8 Å². The predicted octanol–water partition coefficient (Wildman–Crippen LogP) is 2.96. The molecule has 15 heteroatoms. The molecule has 0 spiro atoms. The van der Waals surface area contributed by atoms with Gasteiger partial charge in [0.05, 0.1) is 30.6 Å². The molecule has 2 saturated heterocycles. The predicted molar refractivity (Wildman–Crippen MR) is 159 cm³/mol. The minimum Gasteiger partial charge on any atom is -0.497 e. The molecule has 0 bridgehead atoms. The van der Waals surface area contributed by atoms with Crippen LogP contribution < -0.4 is 19.5 Å². The second kappa shape index (κ2) is 13.9. The molecule has 3 heterocycles. The van der Waals surface area contributed by atoms with Gasteiger partial charge in [-0.05, 0) is 24.4 Å². The molecule has 2 aliphatic heterocycles. The molecule has 4 unspecified atom stereocenters. The molecule has 1 aliphatic carbocycles. The van der Waals surface area contributed by atoms with E-state index in [2.05, 4.69) is 21.6 Å². The number of hydrogen-bond donors (Lipinski definition) is 3. The van der Waals surface area contributed by atoms with E-state index in [1.807, 2.05) is 48.5 Å². The van der Waals surface area contributed by atoms with Crippen LogP contribution in [0.4, 0.5) is 4.79 Å². The normalized spacial score (nSPS) is 24.2. The Hall–Kier alpha value is -3.40. The third-order valence-electron chi connectivity index (χ3n) is 7.69. The van der Waals surface area contributed by atoms with E-state index >= 15 is 0 Å². The number of carbonyl (C=O) groups is 2. The first kappa shape index (κ1) is 34.5. The number of ether oxygens (including phenoxy) is 2. The van der Waals surface area contributed by atoms with Crippen LogP contribution in [0.1, 0.15) is 12.8 Å². The van der Waals surface area contributed by atoms with Crippen molar-refractivity contribution < 1.29 is 74.7 Å². The maximum Gasteiger partial charge on any atom is 0.405 e. The number of pyridine rings is 1. The third kappa shape index (κ3) is 7.53. The number of amidine groups is 1. The molecule has 45 heavy (non-hydrogen) atoms. The molecule has 3 fully saturated rings. The number of sulfonamides is 1. The number of nitrogens with one attached hydrogen (secondary N) is 2. The number of nitrogens with zero attached hydrogens (tertiary/aromatic N) is 3. The number of methoxy groups -OCH3 is 1. The number of fused-ring (bicyclic) bond motifs is 2. The average molecular weight is 972 g/mol. The third-order valence-corrected chi connectivity index (χ3v) is 8.98. The summed E-state index contributed by atoms with van der Waals surface area (Å²) in [5, 5.41) is 12.1. The zero-order chi connectivity index (χ0) is 30.3. The number of benzene rings is 2. The fourth-order valence-electron chi connectivity index (χ4n) is 5.50. The monoisotopic (exact) mass is 972 g/mol. The maximum atomic E-state index is 13.6. The van der Waals surface area contributed by atoms with Gasteiger partial charge in [-0.2, -0.15) is 0 Å². The van der Waals surface area contributed by atoms with Crippen LogP contribution in [-0.2, 0) is 56.9 Å². The molecule has 12 nitrogen and oxygen atoms in total. The van der Waals surface area contributed by atoms with Crippen LogP contribution in [0.15, 0.2) is 72.2 Å². The summed E-state index contributed by atoms with van der Waals surface area (Å²) < 4.78 is 40.5. The number of carbonyl (C=O) groups excluding carboxylic acids is 1. The number of rotatable bonds is 7. The largest absolute Gasteiger partial charge is 0.497 e. The summed E-state index contributed by atoms with van der Waals surface area (Å²) in [6.07, 6.45) is 0.539. The number of aromatic nitrogens is 1. The Morgan fingerprint density at radius 3 is 2.64 bits per heavy atom.